The van der Waals surface area contributed by atoms with E-state index in [9.17, 15) is 9.59 Å². The third-order valence-corrected chi connectivity index (χ3v) is 6.97. The molecule has 3 amide bonds. The van der Waals surface area contributed by atoms with E-state index in [-0.39, 0.29) is 11.9 Å². The fourth-order valence-electron chi connectivity index (χ4n) is 4.67. The maximum absolute atomic E-state index is 13.4. The molecule has 2 aromatic carbocycles. The number of hydrogen-bond donors (Lipinski definition) is 3. The molecule has 208 valence electrons. The van der Waals surface area contributed by atoms with Gasteiger partial charge in [0, 0.05) is 57.2 Å². The van der Waals surface area contributed by atoms with Gasteiger partial charge in [0.05, 0.1) is 18.4 Å². The van der Waals surface area contributed by atoms with Crippen LogP contribution in [0.2, 0.25) is 0 Å². The highest BCUT2D eigenvalue weighted by Crippen LogP contribution is 2.31. The molecular weight excluding hydrogens is 480 g/mol. The van der Waals surface area contributed by atoms with Gasteiger partial charge in [-0.25, -0.2) is 4.79 Å². The van der Waals surface area contributed by atoms with E-state index in [1.165, 1.54) is 0 Å². The Kier molecular flexibility index (Phi) is 11.5. The highest BCUT2D eigenvalue weighted by molar-refractivity contribution is 6.02. The van der Waals surface area contributed by atoms with Gasteiger partial charge in [-0.05, 0) is 49.8 Å². The Morgan fingerprint density at radius 1 is 0.895 bits per heavy atom. The van der Waals surface area contributed by atoms with Crippen molar-refractivity contribution in [2.45, 2.75) is 33.6 Å². The second kappa shape index (κ2) is 15.1. The highest BCUT2D eigenvalue weighted by atomic mass is 16.5. The molecule has 9 nitrogen and oxygen atoms in total. The number of nitrogens with one attached hydrogen (secondary N) is 3. The number of ether oxygens (including phenoxy) is 1. The molecule has 0 atom stereocenters. The Morgan fingerprint density at radius 3 is 2.24 bits per heavy atom. The minimum atomic E-state index is -0.260. The Bertz CT molecular complexity index is 1030. The van der Waals surface area contributed by atoms with Crippen molar-refractivity contribution in [1.29, 1.82) is 0 Å². The van der Waals surface area contributed by atoms with Crippen LogP contribution >= 0.6 is 0 Å². The molecular formula is C29H44N6O3. The zero-order valence-electron chi connectivity index (χ0n) is 23.4. The maximum atomic E-state index is 13.4. The van der Waals surface area contributed by atoms with Crippen molar-refractivity contribution in [2.75, 3.05) is 81.1 Å². The van der Waals surface area contributed by atoms with Crippen LogP contribution in [0.25, 0.3) is 0 Å². The molecule has 0 aromatic heterocycles. The molecule has 2 aromatic rings. The fourth-order valence-corrected chi connectivity index (χ4v) is 4.67. The lowest BCUT2D eigenvalue weighted by Gasteiger charge is -2.38. The normalized spacial score (nSPS) is 13.4. The largest absolute Gasteiger partial charge is 0.495 e. The third kappa shape index (κ3) is 8.02. The van der Waals surface area contributed by atoms with Gasteiger partial charge in [-0.2, -0.15) is 0 Å². The monoisotopic (exact) mass is 524 g/mol. The van der Waals surface area contributed by atoms with Crippen LogP contribution < -0.4 is 30.5 Å². The summed E-state index contributed by atoms with van der Waals surface area (Å²) < 4.78 is 5.56. The first-order valence-corrected chi connectivity index (χ1v) is 13.8. The number of piperazine rings is 1. The zero-order valence-corrected chi connectivity index (χ0v) is 23.4. The van der Waals surface area contributed by atoms with Crippen LogP contribution in [0.5, 0.6) is 5.75 Å². The summed E-state index contributed by atoms with van der Waals surface area (Å²) in [7, 11) is 1.69. The van der Waals surface area contributed by atoms with E-state index in [1.807, 2.05) is 30.3 Å². The van der Waals surface area contributed by atoms with Gasteiger partial charge in [0.1, 0.15) is 5.75 Å². The maximum Gasteiger partial charge on any atom is 0.319 e. The second-order valence-corrected chi connectivity index (χ2v) is 9.40. The first-order chi connectivity index (χ1) is 18.5. The molecule has 0 saturated carbocycles. The predicted octanol–water partition coefficient (Wildman–Crippen LogP) is 4.02. The van der Waals surface area contributed by atoms with Crippen molar-refractivity contribution in [2.24, 2.45) is 0 Å². The summed E-state index contributed by atoms with van der Waals surface area (Å²) in [4.78, 5) is 32.5. The lowest BCUT2D eigenvalue weighted by molar-refractivity contribution is 0.0949. The van der Waals surface area contributed by atoms with Crippen molar-refractivity contribution < 1.29 is 14.3 Å². The average molecular weight is 525 g/mol. The molecule has 3 rings (SSSR count). The molecule has 0 unspecified atom stereocenters. The number of benzene rings is 2. The summed E-state index contributed by atoms with van der Waals surface area (Å²) in [5.41, 5.74) is 3.13. The molecule has 9 heteroatoms. The number of rotatable bonds is 13. The average Bonchev–Trinajstić information content (AvgIpc) is 2.95. The molecule has 0 aliphatic carbocycles. The summed E-state index contributed by atoms with van der Waals surface area (Å²) in [5, 5.41) is 8.83. The van der Waals surface area contributed by atoms with Gasteiger partial charge in [-0.15, -0.1) is 0 Å². The van der Waals surface area contributed by atoms with Crippen LogP contribution in [0, 0.1) is 0 Å². The fraction of sp³-hybridized carbons (Fsp3) is 0.517. The Morgan fingerprint density at radius 2 is 1.58 bits per heavy atom. The van der Waals surface area contributed by atoms with Gasteiger partial charge in [-0.3, -0.25) is 4.79 Å². The van der Waals surface area contributed by atoms with Crippen LogP contribution in [0.15, 0.2) is 42.5 Å². The molecule has 3 N–H and O–H groups in total. The van der Waals surface area contributed by atoms with Gasteiger partial charge in [0.2, 0.25) is 0 Å². The van der Waals surface area contributed by atoms with E-state index in [4.69, 9.17) is 4.74 Å². The number of nitrogens with zero attached hydrogens (tertiary/aromatic N) is 3. The predicted molar refractivity (Wildman–Crippen MR) is 156 cm³/mol. The third-order valence-electron chi connectivity index (χ3n) is 6.97. The van der Waals surface area contributed by atoms with Gasteiger partial charge in [0.25, 0.3) is 5.91 Å². The van der Waals surface area contributed by atoms with E-state index in [2.05, 4.69) is 57.5 Å². The SMILES string of the molecule is CCCCNC(=O)Nc1ccc(N2CCN(c3ccccc3OC)CC2)c(C(=O)NCCN(CC)CC)c1. The van der Waals surface area contributed by atoms with E-state index in [1.54, 1.807) is 13.2 Å². The lowest BCUT2D eigenvalue weighted by Crippen LogP contribution is -2.47. The van der Waals surface area contributed by atoms with E-state index < -0.39 is 0 Å². The number of carbonyl (C=O) groups excluding carboxylic acids is 2. The first-order valence-electron chi connectivity index (χ1n) is 13.8. The molecule has 1 aliphatic heterocycles. The minimum absolute atomic E-state index is 0.130. The van der Waals surface area contributed by atoms with Crippen molar-refractivity contribution in [1.82, 2.24) is 15.5 Å². The number of amides is 3. The molecule has 1 fully saturated rings. The minimum Gasteiger partial charge on any atom is -0.495 e. The van der Waals surface area contributed by atoms with Gasteiger partial charge in [-0.1, -0.05) is 39.3 Å². The number of anilines is 3. The van der Waals surface area contributed by atoms with Crippen LogP contribution in [0.4, 0.5) is 21.9 Å². The number of urea groups is 1. The molecule has 38 heavy (non-hydrogen) atoms. The van der Waals surface area contributed by atoms with Gasteiger partial charge >= 0.3 is 6.03 Å². The quantitative estimate of drug-likeness (QED) is 0.343. The summed E-state index contributed by atoms with van der Waals surface area (Å²) in [6.45, 7) is 13.3. The molecule has 1 heterocycles. The number of para-hydroxylation sites is 2. The highest BCUT2D eigenvalue weighted by Gasteiger charge is 2.24. The summed E-state index contributed by atoms with van der Waals surface area (Å²) in [6, 6.07) is 13.4. The first kappa shape index (κ1) is 29.1. The van der Waals surface area contributed by atoms with E-state index in [0.29, 0.717) is 24.3 Å². The number of methoxy groups -OCH3 is 1. The summed E-state index contributed by atoms with van der Waals surface area (Å²) >= 11 is 0. The molecule has 0 spiro atoms. The van der Waals surface area contributed by atoms with Crippen LogP contribution in [-0.2, 0) is 0 Å². The van der Waals surface area contributed by atoms with Gasteiger partial charge in [0.15, 0.2) is 0 Å². The van der Waals surface area contributed by atoms with Crippen molar-refractivity contribution in [3.8, 4) is 5.75 Å². The van der Waals surface area contributed by atoms with Crippen molar-refractivity contribution in [3.63, 3.8) is 0 Å². The van der Waals surface area contributed by atoms with Crippen molar-refractivity contribution >= 4 is 29.0 Å². The standard InChI is InChI=1S/C29H44N6O3/c1-5-8-15-31-29(37)32-23-13-14-25(24(22-23)28(36)30-16-17-33(6-2)7-3)34-18-20-35(21-19-34)26-11-9-10-12-27(26)38-4/h9-14,22H,5-8,15-21H2,1-4H3,(H,30,36)(H2,31,32,37). The number of unbranched alkanes of at least 4 members (excludes halogenated alkanes) is 1. The molecule has 1 saturated heterocycles. The second-order valence-electron chi connectivity index (χ2n) is 9.40. The number of hydrogen-bond acceptors (Lipinski definition) is 6. The van der Waals surface area contributed by atoms with Crippen LogP contribution in [0.3, 0.4) is 0 Å². The Labute approximate surface area is 227 Å². The number of likely N-dealkylation sites (N-methyl/N-ethyl adjacent to an activating group) is 1. The Balaban J connectivity index is 1.74. The molecule has 0 bridgehead atoms. The molecule has 1 aliphatic rings. The van der Waals surface area contributed by atoms with Crippen LogP contribution in [0.1, 0.15) is 44.0 Å². The van der Waals surface area contributed by atoms with Crippen molar-refractivity contribution in [3.05, 3.63) is 48.0 Å². The summed E-state index contributed by atoms with van der Waals surface area (Å²) in [5.74, 6) is 0.733. The van der Waals surface area contributed by atoms with Crippen LogP contribution in [-0.4, -0.2) is 82.9 Å². The number of carbonyl (C=O) groups is 2. The zero-order chi connectivity index (χ0) is 27.3. The van der Waals surface area contributed by atoms with E-state index in [0.717, 1.165) is 75.8 Å². The summed E-state index contributed by atoms with van der Waals surface area (Å²) in [6.07, 6.45) is 1.94. The van der Waals surface area contributed by atoms with Gasteiger partial charge < -0.3 is 35.4 Å². The van der Waals surface area contributed by atoms with E-state index >= 15 is 0 Å². The Hall–Kier alpha value is -3.46. The molecule has 0 radical (unpaired) electrons. The topological polar surface area (TPSA) is 89.2 Å². The smallest absolute Gasteiger partial charge is 0.319 e. The lowest BCUT2D eigenvalue weighted by atomic mass is 10.1.